The van der Waals surface area contributed by atoms with Crippen molar-refractivity contribution in [2.45, 2.75) is 36.7 Å². The molecule has 7 nitrogen and oxygen atoms in total. The summed E-state index contributed by atoms with van der Waals surface area (Å²) in [5, 5.41) is 5.26. The van der Waals surface area contributed by atoms with Crippen LogP contribution in [0.1, 0.15) is 18.9 Å². The van der Waals surface area contributed by atoms with Crippen LogP contribution in [0, 0.1) is 0 Å². The molecule has 0 saturated carbocycles. The SMILES string of the molecule is COC(=O)[C@@H](CC[S@](=O)c1ccccc1)NC(=O)[C@H](Cc1ccccc1)NC(C)=O. The molecule has 0 aromatic heterocycles. The maximum Gasteiger partial charge on any atom is 0.328 e. The highest BCUT2D eigenvalue weighted by atomic mass is 32.2. The molecule has 2 aromatic rings. The number of methoxy groups -OCH3 is 1. The fraction of sp³-hybridized carbons (Fsp3) is 0.318. The minimum atomic E-state index is -1.32. The molecule has 2 amide bonds. The van der Waals surface area contributed by atoms with Crippen LogP contribution in [0.15, 0.2) is 65.6 Å². The number of ether oxygens (including phenoxy) is 1. The van der Waals surface area contributed by atoms with E-state index in [2.05, 4.69) is 10.6 Å². The molecule has 0 radical (unpaired) electrons. The normalized spacial score (nSPS) is 13.5. The van der Waals surface area contributed by atoms with Gasteiger partial charge in [-0.2, -0.15) is 0 Å². The number of esters is 1. The second-order valence-electron chi connectivity index (χ2n) is 6.68. The first-order valence-corrected chi connectivity index (χ1v) is 10.8. The van der Waals surface area contributed by atoms with Crippen molar-refractivity contribution in [3.8, 4) is 0 Å². The lowest BCUT2D eigenvalue weighted by Crippen LogP contribution is -2.52. The molecule has 0 unspecified atom stereocenters. The summed E-state index contributed by atoms with van der Waals surface area (Å²) in [5.41, 5.74) is 0.867. The zero-order chi connectivity index (χ0) is 21.9. The summed E-state index contributed by atoms with van der Waals surface area (Å²) in [5.74, 6) is -1.32. The predicted octanol–water partition coefficient (Wildman–Crippen LogP) is 1.59. The van der Waals surface area contributed by atoms with Gasteiger partial charge in [-0.3, -0.25) is 13.8 Å². The molecule has 0 saturated heterocycles. The molecule has 0 aliphatic rings. The van der Waals surface area contributed by atoms with Gasteiger partial charge in [0.05, 0.1) is 17.9 Å². The molecule has 160 valence electrons. The molecule has 0 heterocycles. The summed E-state index contributed by atoms with van der Waals surface area (Å²) < 4.78 is 17.2. The van der Waals surface area contributed by atoms with Gasteiger partial charge in [0, 0.05) is 24.0 Å². The molecule has 2 N–H and O–H groups in total. The summed E-state index contributed by atoms with van der Waals surface area (Å²) in [6.07, 6.45) is 0.411. The number of benzene rings is 2. The van der Waals surface area contributed by atoms with E-state index in [4.69, 9.17) is 4.74 Å². The Hall–Kier alpha value is -3.00. The Balaban J connectivity index is 2.06. The first-order valence-electron chi connectivity index (χ1n) is 9.53. The highest BCUT2D eigenvalue weighted by Crippen LogP contribution is 2.09. The van der Waals surface area contributed by atoms with E-state index in [-0.39, 0.29) is 24.5 Å². The monoisotopic (exact) mass is 430 g/mol. The molecule has 0 aliphatic carbocycles. The Labute approximate surface area is 178 Å². The van der Waals surface area contributed by atoms with Crippen LogP contribution in [0.25, 0.3) is 0 Å². The lowest BCUT2D eigenvalue weighted by Gasteiger charge is -2.22. The number of hydrogen-bond acceptors (Lipinski definition) is 5. The highest BCUT2D eigenvalue weighted by molar-refractivity contribution is 7.85. The minimum Gasteiger partial charge on any atom is -0.467 e. The lowest BCUT2D eigenvalue weighted by atomic mass is 10.0. The Morgan fingerprint density at radius 3 is 2.10 bits per heavy atom. The van der Waals surface area contributed by atoms with E-state index in [1.165, 1.54) is 14.0 Å². The molecule has 2 aromatic carbocycles. The Morgan fingerprint density at radius 2 is 1.53 bits per heavy atom. The second kappa shape index (κ2) is 11.9. The fourth-order valence-corrected chi connectivity index (χ4v) is 4.03. The van der Waals surface area contributed by atoms with E-state index in [0.29, 0.717) is 4.90 Å². The van der Waals surface area contributed by atoms with Gasteiger partial charge in [0.15, 0.2) is 0 Å². The molecular weight excluding hydrogens is 404 g/mol. The molecule has 0 aliphatic heterocycles. The number of carbonyl (C=O) groups is 3. The van der Waals surface area contributed by atoms with Crippen molar-refractivity contribution in [3.63, 3.8) is 0 Å². The molecule has 2 rings (SSSR count). The molecule has 3 atom stereocenters. The lowest BCUT2D eigenvalue weighted by molar-refractivity contribution is -0.145. The van der Waals surface area contributed by atoms with Crippen molar-refractivity contribution in [2.24, 2.45) is 0 Å². The number of amides is 2. The number of nitrogens with one attached hydrogen (secondary N) is 2. The zero-order valence-electron chi connectivity index (χ0n) is 17.0. The first kappa shape index (κ1) is 23.3. The predicted molar refractivity (Wildman–Crippen MR) is 114 cm³/mol. The third-order valence-corrected chi connectivity index (χ3v) is 5.78. The smallest absolute Gasteiger partial charge is 0.328 e. The summed E-state index contributed by atoms with van der Waals surface area (Å²) in [7, 11) is -0.0904. The van der Waals surface area contributed by atoms with Crippen LogP contribution in [0.3, 0.4) is 0 Å². The van der Waals surface area contributed by atoms with Crippen LogP contribution >= 0.6 is 0 Å². The van der Waals surface area contributed by atoms with Crippen molar-refractivity contribution in [1.29, 1.82) is 0 Å². The quantitative estimate of drug-likeness (QED) is 0.558. The standard InChI is InChI=1S/C22H26N2O5S/c1-16(25)23-20(15-17-9-5-3-6-10-17)21(26)24-19(22(27)29-2)13-14-30(28)18-11-7-4-8-12-18/h3-12,19-20H,13-15H2,1-2H3,(H,23,25)(H,24,26)/t19-,20+,30+/m1/s1. The van der Waals surface area contributed by atoms with Gasteiger partial charge in [0.2, 0.25) is 11.8 Å². The topological polar surface area (TPSA) is 102 Å². The molecule has 8 heteroatoms. The number of rotatable bonds is 10. The van der Waals surface area contributed by atoms with Crippen LogP contribution in [0.5, 0.6) is 0 Å². The maximum atomic E-state index is 12.8. The van der Waals surface area contributed by atoms with Crippen molar-refractivity contribution in [3.05, 3.63) is 66.2 Å². The van der Waals surface area contributed by atoms with Gasteiger partial charge >= 0.3 is 5.97 Å². The minimum absolute atomic E-state index is 0.137. The maximum absolute atomic E-state index is 12.8. The summed E-state index contributed by atoms with van der Waals surface area (Å²) in [4.78, 5) is 37.2. The van der Waals surface area contributed by atoms with E-state index >= 15 is 0 Å². The van der Waals surface area contributed by atoms with Crippen molar-refractivity contribution < 1.29 is 23.3 Å². The third kappa shape index (κ3) is 7.44. The summed E-state index contributed by atoms with van der Waals surface area (Å²) in [6.45, 7) is 1.33. The van der Waals surface area contributed by atoms with Crippen molar-refractivity contribution >= 4 is 28.6 Å². The van der Waals surface area contributed by atoms with Gasteiger partial charge < -0.3 is 15.4 Å². The van der Waals surface area contributed by atoms with Crippen molar-refractivity contribution in [2.75, 3.05) is 12.9 Å². The number of carbonyl (C=O) groups excluding carboxylic acids is 3. The van der Waals surface area contributed by atoms with Gasteiger partial charge in [-0.15, -0.1) is 0 Å². The third-order valence-electron chi connectivity index (χ3n) is 4.38. The summed E-state index contributed by atoms with van der Waals surface area (Å²) in [6, 6.07) is 16.3. The average Bonchev–Trinajstić information content (AvgIpc) is 2.76. The Kier molecular flexibility index (Phi) is 9.21. The first-order chi connectivity index (χ1) is 14.4. The molecule has 0 fully saturated rings. The van der Waals surface area contributed by atoms with Gasteiger partial charge in [0.25, 0.3) is 0 Å². The molecule has 0 bridgehead atoms. The van der Waals surface area contributed by atoms with Crippen LogP contribution in [-0.4, -0.2) is 46.9 Å². The zero-order valence-corrected chi connectivity index (χ0v) is 17.8. The average molecular weight is 431 g/mol. The Bertz CT molecular complexity index is 874. The largest absolute Gasteiger partial charge is 0.467 e. The van der Waals surface area contributed by atoms with Gasteiger partial charge in [-0.1, -0.05) is 48.5 Å². The second-order valence-corrected chi connectivity index (χ2v) is 8.25. The van der Waals surface area contributed by atoms with Gasteiger partial charge in [-0.05, 0) is 24.1 Å². The fourth-order valence-electron chi connectivity index (χ4n) is 2.88. The van der Waals surface area contributed by atoms with Crippen LogP contribution in [0.4, 0.5) is 0 Å². The van der Waals surface area contributed by atoms with Crippen LogP contribution < -0.4 is 10.6 Å². The van der Waals surface area contributed by atoms with E-state index in [0.717, 1.165) is 5.56 Å². The molecule has 30 heavy (non-hydrogen) atoms. The van der Waals surface area contributed by atoms with E-state index in [9.17, 15) is 18.6 Å². The van der Waals surface area contributed by atoms with Gasteiger partial charge in [-0.25, -0.2) is 4.79 Å². The van der Waals surface area contributed by atoms with E-state index < -0.39 is 34.8 Å². The van der Waals surface area contributed by atoms with Crippen molar-refractivity contribution in [1.82, 2.24) is 10.6 Å². The van der Waals surface area contributed by atoms with Crippen LogP contribution in [0.2, 0.25) is 0 Å². The summed E-state index contributed by atoms with van der Waals surface area (Å²) >= 11 is 0. The highest BCUT2D eigenvalue weighted by Gasteiger charge is 2.27. The Morgan fingerprint density at radius 1 is 0.933 bits per heavy atom. The van der Waals surface area contributed by atoms with E-state index in [1.54, 1.807) is 24.3 Å². The molecular formula is C22H26N2O5S. The van der Waals surface area contributed by atoms with Crippen LogP contribution in [-0.2, 0) is 36.3 Å². The number of hydrogen-bond donors (Lipinski definition) is 2. The van der Waals surface area contributed by atoms with Gasteiger partial charge in [0.1, 0.15) is 12.1 Å². The molecule has 0 spiro atoms. The van der Waals surface area contributed by atoms with E-state index in [1.807, 2.05) is 36.4 Å².